The lowest BCUT2D eigenvalue weighted by atomic mass is 10.0. The number of benzene rings is 1. The third-order valence-corrected chi connectivity index (χ3v) is 5.67. The SMILES string of the molecule is C[Si](C)(C)C#C[C@H]1[C@@H](CI)CCN1Cc1ccccc1. The number of alkyl halides is 1. The van der Waals surface area contributed by atoms with Gasteiger partial charge in [0.05, 0.1) is 6.04 Å². The molecule has 20 heavy (non-hydrogen) atoms. The first kappa shape index (κ1) is 16.1. The Bertz CT molecular complexity index is 483. The van der Waals surface area contributed by atoms with Gasteiger partial charge >= 0.3 is 0 Å². The molecule has 0 N–H and O–H groups in total. The monoisotopic (exact) mass is 397 g/mol. The Morgan fingerprint density at radius 2 is 1.95 bits per heavy atom. The summed E-state index contributed by atoms with van der Waals surface area (Å²) < 4.78 is 1.22. The topological polar surface area (TPSA) is 3.24 Å². The molecular weight excluding hydrogens is 373 g/mol. The van der Waals surface area contributed by atoms with Crippen LogP contribution < -0.4 is 0 Å². The number of likely N-dealkylation sites (tertiary alicyclic amines) is 1. The lowest BCUT2D eigenvalue weighted by Gasteiger charge is -2.23. The van der Waals surface area contributed by atoms with Crippen LogP contribution in [0.2, 0.25) is 19.6 Å². The van der Waals surface area contributed by atoms with Gasteiger partial charge in [0.15, 0.2) is 0 Å². The van der Waals surface area contributed by atoms with Crippen LogP contribution in [0.15, 0.2) is 30.3 Å². The van der Waals surface area contributed by atoms with E-state index >= 15 is 0 Å². The number of nitrogens with zero attached hydrogens (tertiary/aromatic N) is 1. The van der Waals surface area contributed by atoms with Crippen molar-refractivity contribution in [1.29, 1.82) is 0 Å². The minimum atomic E-state index is -1.28. The van der Waals surface area contributed by atoms with Crippen molar-refractivity contribution in [2.45, 2.75) is 38.6 Å². The van der Waals surface area contributed by atoms with Gasteiger partial charge in [-0.1, -0.05) is 78.5 Å². The highest BCUT2D eigenvalue weighted by atomic mass is 127. The van der Waals surface area contributed by atoms with E-state index < -0.39 is 8.07 Å². The quantitative estimate of drug-likeness (QED) is 0.320. The van der Waals surface area contributed by atoms with E-state index in [4.69, 9.17) is 0 Å². The zero-order chi connectivity index (χ0) is 14.6. The molecule has 2 atom stereocenters. The summed E-state index contributed by atoms with van der Waals surface area (Å²) in [6.45, 7) is 9.22. The van der Waals surface area contributed by atoms with Crippen molar-refractivity contribution in [1.82, 2.24) is 4.90 Å². The summed E-state index contributed by atoms with van der Waals surface area (Å²) in [7, 11) is -1.28. The molecule has 0 amide bonds. The van der Waals surface area contributed by atoms with E-state index in [1.807, 2.05) is 0 Å². The number of hydrogen-bond acceptors (Lipinski definition) is 1. The van der Waals surface area contributed by atoms with Crippen LogP contribution in [0.1, 0.15) is 12.0 Å². The number of hydrogen-bond donors (Lipinski definition) is 0. The van der Waals surface area contributed by atoms with Gasteiger partial charge in [0.25, 0.3) is 0 Å². The standard InChI is InChI=1S/C17H24INSi/c1-20(2,3)12-10-17-16(13-18)9-11-19(17)14-15-7-5-4-6-8-15/h4-8,16-17H,9,11,13-14H2,1-3H3/t16-,17+/m1/s1. The van der Waals surface area contributed by atoms with Gasteiger partial charge in [-0.3, -0.25) is 4.90 Å². The highest BCUT2D eigenvalue weighted by Crippen LogP contribution is 2.27. The molecule has 1 aromatic rings. The second-order valence-corrected chi connectivity index (χ2v) is 12.3. The summed E-state index contributed by atoms with van der Waals surface area (Å²) in [6.07, 6.45) is 1.29. The Morgan fingerprint density at radius 3 is 2.55 bits per heavy atom. The average molecular weight is 397 g/mol. The van der Waals surface area contributed by atoms with Gasteiger partial charge in [0.1, 0.15) is 8.07 Å². The summed E-state index contributed by atoms with van der Waals surface area (Å²) in [5, 5.41) is 0. The van der Waals surface area contributed by atoms with E-state index in [2.05, 4.69) is 88.9 Å². The zero-order valence-electron chi connectivity index (χ0n) is 12.7. The van der Waals surface area contributed by atoms with Gasteiger partial charge in [0.2, 0.25) is 0 Å². The molecule has 0 bridgehead atoms. The molecule has 0 spiro atoms. The Hall–Kier alpha value is -0.313. The maximum Gasteiger partial charge on any atom is 0.129 e. The first-order valence-corrected chi connectivity index (χ1v) is 12.4. The summed E-state index contributed by atoms with van der Waals surface area (Å²) in [5.41, 5.74) is 4.99. The fourth-order valence-electron chi connectivity index (χ4n) is 2.58. The van der Waals surface area contributed by atoms with Crippen molar-refractivity contribution in [3.8, 4) is 11.5 Å². The molecule has 1 saturated heterocycles. The Kier molecular flexibility index (Phi) is 5.71. The van der Waals surface area contributed by atoms with Crippen molar-refractivity contribution < 1.29 is 0 Å². The first-order chi connectivity index (χ1) is 9.49. The van der Waals surface area contributed by atoms with Crippen LogP contribution in [0.25, 0.3) is 0 Å². The van der Waals surface area contributed by atoms with E-state index in [9.17, 15) is 0 Å². The Balaban J connectivity index is 2.12. The summed E-state index contributed by atoms with van der Waals surface area (Å²) in [5.74, 6) is 4.36. The molecule has 0 aromatic heterocycles. The molecule has 0 saturated carbocycles. The molecule has 2 rings (SSSR count). The molecule has 3 heteroatoms. The van der Waals surface area contributed by atoms with Gasteiger partial charge in [-0.05, 0) is 17.9 Å². The average Bonchev–Trinajstić information content (AvgIpc) is 2.79. The molecule has 1 aromatic carbocycles. The third kappa shape index (κ3) is 4.61. The molecule has 1 aliphatic rings. The van der Waals surface area contributed by atoms with Crippen molar-refractivity contribution in [3.63, 3.8) is 0 Å². The van der Waals surface area contributed by atoms with Gasteiger partial charge in [-0.25, -0.2) is 0 Å². The van der Waals surface area contributed by atoms with Crippen molar-refractivity contribution >= 4 is 30.7 Å². The molecule has 108 valence electrons. The Morgan fingerprint density at radius 1 is 1.25 bits per heavy atom. The minimum Gasteiger partial charge on any atom is -0.285 e. The lowest BCUT2D eigenvalue weighted by Crippen LogP contribution is -2.32. The molecule has 1 heterocycles. The molecule has 1 nitrogen and oxygen atoms in total. The second-order valence-electron chi connectivity index (χ2n) is 6.62. The van der Waals surface area contributed by atoms with Gasteiger partial charge in [-0.15, -0.1) is 5.54 Å². The van der Waals surface area contributed by atoms with Gasteiger partial charge < -0.3 is 0 Å². The van der Waals surface area contributed by atoms with Crippen molar-refractivity contribution in [2.75, 3.05) is 11.0 Å². The largest absolute Gasteiger partial charge is 0.285 e. The van der Waals surface area contributed by atoms with Crippen LogP contribution in [-0.4, -0.2) is 30.0 Å². The number of halogens is 1. The molecule has 0 aliphatic carbocycles. The van der Waals surface area contributed by atoms with Crippen LogP contribution in [0.4, 0.5) is 0 Å². The summed E-state index contributed by atoms with van der Waals surface area (Å²) in [6, 6.07) is 11.2. The van der Waals surface area contributed by atoms with Crippen LogP contribution in [0, 0.1) is 17.4 Å². The highest BCUT2D eigenvalue weighted by molar-refractivity contribution is 14.1. The predicted molar refractivity (Wildman–Crippen MR) is 98.8 cm³/mol. The number of rotatable bonds is 3. The molecule has 1 aliphatic heterocycles. The fraction of sp³-hybridized carbons (Fsp3) is 0.529. The van der Waals surface area contributed by atoms with Gasteiger partial charge in [-0.2, -0.15) is 0 Å². The van der Waals surface area contributed by atoms with E-state index in [1.54, 1.807) is 0 Å². The lowest BCUT2D eigenvalue weighted by molar-refractivity contribution is 0.272. The predicted octanol–water partition coefficient (Wildman–Crippen LogP) is 4.19. The second kappa shape index (κ2) is 7.10. The van der Waals surface area contributed by atoms with E-state index in [0.29, 0.717) is 6.04 Å². The summed E-state index contributed by atoms with van der Waals surface area (Å²) in [4.78, 5) is 2.58. The zero-order valence-corrected chi connectivity index (χ0v) is 15.9. The first-order valence-electron chi connectivity index (χ1n) is 7.36. The van der Waals surface area contributed by atoms with E-state index in [-0.39, 0.29) is 0 Å². The molecule has 1 fully saturated rings. The van der Waals surface area contributed by atoms with Crippen LogP contribution in [-0.2, 0) is 6.54 Å². The van der Waals surface area contributed by atoms with Crippen molar-refractivity contribution in [3.05, 3.63) is 35.9 Å². The normalized spacial score (nSPS) is 23.4. The van der Waals surface area contributed by atoms with Crippen LogP contribution in [0.5, 0.6) is 0 Å². The maximum absolute atomic E-state index is 3.63. The maximum atomic E-state index is 3.63. The van der Waals surface area contributed by atoms with Gasteiger partial charge in [0, 0.05) is 17.5 Å². The fourth-order valence-corrected chi connectivity index (χ4v) is 4.09. The molecular formula is C17H24INSi. The van der Waals surface area contributed by atoms with Crippen molar-refractivity contribution in [2.24, 2.45) is 5.92 Å². The van der Waals surface area contributed by atoms with Crippen LogP contribution >= 0.6 is 22.6 Å². The smallest absolute Gasteiger partial charge is 0.129 e. The minimum absolute atomic E-state index is 0.457. The van der Waals surface area contributed by atoms with Crippen LogP contribution in [0.3, 0.4) is 0 Å². The molecule has 0 radical (unpaired) electrons. The van der Waals surface area contributed by atoms with E-state index in [0.717, 1.165) is 12.5 Å². The highest BCUT2D eigenvalue weighted by Gasteiger charge is 2.32. The summed E-state index contributed by atoms with van der Waals surface area (Å²) >= 11 is 2.52. The molecule has 0 unspecified atom stereocenters. The third-order valence-electron chi connectivity index (χ3n) is 3.65. The Labute approximate surface area is 138 Å². The van der Waals surface area contributed by atoms with E-state index in [1.165, 1.54) is 23.0 Å².